The minimum absolute atomic E-state index is 0.245. The summed E-state index contributed by atoms with van der Waals surface area (Å²) in [5, 5.41) is 0. The summed E-state index contributed by atoms with van der Waals surface area (Å²) in [5.41, 5.74) is -0.535. The Bertz CT molecular complexity index is 165. The first kappa shape index (κ1) is 6.56. The molecule has 0 radical (unpaired) electrons. The van der Waals surface area contributed by atoms with Crippen molar-refractivity contribution in [1.82, 2.24) is 0 Å². The Morgan fingerprint density at radius 1 is 1.50 bits per heavy atom. The molecule has 2 unspecified atom stereocenters. The number of hydrogen-bond donors (Lipinski definition) is 0. The zero-order valence-corrected chi connectivity index (χ0v) is 6.16. The Morgan fingerprint density at radius 3 is 2.50 bits per heavy atom. The second-order valence-electron chi connectivity index (χ2n) is 3.58. The lowest BCUT2D eigenvalue weighted by Crippen LogP contribution is -2.09. The molecule has 0 saturated heterocycles. The standard InChI is InChI=1S/C8H12F2/c1-2-7-5-3-4-6(7)8(7,9)10/h6H,2-5H2,1H3. The molecular weight excluding hydrogens is 134 g/mol. The van der Waals surface area contributed by atoms with Gasteiger partial charge in [-0.15, -0.1) is 0 Å². The molecule has 0 aromatic carbocycles. The molecule has 0 aromatic heterocycles. The van der Waals surface area contributed by atoms with Crippen LogP contribution in [0.25, 0.3) is 0 Å². The van der Waals surface area contributed by atoms with E-state index in [0.29, 0.717) is 6.42 Å². The quantitative estimate of drug-likeness (QED) is 0.533. The van der Waals surface area contributed by atoms with Crippen molar-refractivity contribution in [2.24, 2.45) is 11.3 Å². The third-order valence-electron chi connectivity index (χ3n) is 3.43. The summed E-state index contributed by atoms with van der Waals surface area (Å²) in [6, 6.07) is 0. The van der Waals surface area contributed by atoms with Crippen molar-refractivity contribution in [1.29, 1.82) is 0 Å². The summed E-state index contributed by atoms with van der Waals surface area (Å²) in [7, 11) is 0. The van der Waals surface area contributed by atoms with Gasteiger partial charge >= 0.3 is 0 Å². The van der Waals surface area contributed by atoms with Gasteiger partial charge in [-0.25, -0.2) is 8.78 Å². The third kappa shape index (κ3) is 0.444. The van der Waals surface area contributed by atoms with E-state index < -0.39 is 11.3 Å². The van der Waals surface area contributed by atoms with Crippen molar-refractivity contribution in [2.45, 2.75) is 38.5 Å². The lowest BCUT2D eigenvalue weighted by Gasteiger charge is -2.09. The second kappa shape index (κ2) is 1.54. The van der Waals surface area contributed by atoms with Gasteiger partial charge in [-0.05, 0) is 19.3 Å². The molecule has 0 heterocycles. The topological polar surface area (TPSA) is 0 Å². The van der Waals surface area contributed by atoms with Gasteiger partial charge in [0, 0.05) is 11.3 Å². The fourth-order valence-corrected chi connectivity index (χ4v) is 2.67. The lowest BCUT2D eigenvalue weighted by atomic mass is 10.00. The molecule has 0 N–H and O–H groups in total. The van der Waals surface area contributed by atoms with Gasteiger partial charge in [0.25, 0.3) is 5.92 Å². The summed E-state index contributed by atoms with van der Waals surface area (Å²) >= 11 is 0. The molecule has 0 spiro atoms. The molecule has 0 aliphatic heterocycles. The van der Waals surface area contributed by atoms with E-state index in [4.69, 9.17) is 0 Å². The van der Waals surface area contributed by atoms with E-state index >= 15 is 0 Å². The Morgan fingerprint density at radius 2 is 2.20 bits per heavy atom. The Hall–Kier alpha value is -0.140. The molecule has 2 aliphatic rings. The van der Waals surface area contributed by atoms with Crippen molar-refractivity contribution in [2.75, 3.05) is 0 Å². The van der Waals surface area contributed by atoms with E-state index in [2.05, 4.69) is 0 Å². The van der Waals surface area contributed by atoms with Crippen LogP contribution in [0.4, 0.5) is 8.78 Å². The molecule has 0 bridgehead atoms. The minimum atomic E-state index is -2.29. The van der Waals surface area contributed by atoms with E-state index in [1.807, 2.05) is 6.92 Å². The van der Waals surface area contributed by atoms with Crippen LogP contribution in [0.3, 0.4) is 0 Å². The van der Waals surface area contributed by atoms with Crippen molar-refractivity contribution >= 4 is 0 Å². The second-order valence-corrected chi connectivity index (χ2v) is 3.58. The number of rotatable bonds is 1. The van der Waals surface area contributed by atoms with Crippen molar-refractivity contribution in [3.05, 3.63) is 0 Å². The predicted octanol–water partition coefficient (Wildman–Crippen LogP) is 2.83. The predicted molar refractivity (Wildman–Crippen MR) is 35.0 cm³/mol. The molecule has 0 nitrogen and oxygen atoms in total. The summed E-state index contributed by atoms with van der Waals surface area (Å²) in [6.45, 7) is 1.89. The fraction of sp³-hybridized carbons (Fsp3) is 1.00. The van der Waals surface area contributed by atoms with Crippen LogP contribution < -0.4 is 0 Å². The van der Waals surface area contributed by atoms with Gasteiger partial charge in [-0.2, -0.15) is 0 Å². The summed E-state index contributed by atoms with van der Waals surface area (Å²) < 4.78 is 25.8. The SMILES string of the molecule is CCC12CCCC1C2(F)F. The average molecular weight is 146 g/mol. The van der Waals surface area contributed by atoms with E-state index in [9.17, 15) is 8.78 Å². The fourth-order valence-electron chi connectivity index (χ4n) is 2.67. The van der Waals surface area contributed by atoms with Crippen molar-refractivity contribution < 1.29 is 8.78 Å². The van der Waals surface area contributed by atoms with Gasteiger partial charge in [-0.1, -0.05) is 13.3 Å². The Labute approximate surface area is 59.6 Å². The zero-order chi connectivity index (χ0) is 7.41. The number of fused-ring (bicyclic) bond motifs is 1. The van der Waals surface area contributed by atoms with Gasteiger partial charge in [-0.3, -0.25) is 0 Å². The Balaban J connectivity index is 2.23. The van der Waals surface area contributed by atoms with Crippen LogP contribution in [-0.2, 0) is 0 Å². The van der Waals surface area contributed by atoms with Crippen LogP contribution in [0.1, 0.15) is 32.6 Å². The summed E-state index contributed by atoms with van der Waals surface area (Å²) in [5.74, 6) is -2.54. The molecule has 2 atom stereocenters. The van der Waals surface area contributed by atoms with Gasteiger partial charge in [0.1, 0.15) is 0 Å². The Kier molecular flexibility index (Phi) is 1.01. The van der Waals surface area contributed by atoms with Gasteiger partial charge in [0.15, 0.2) is 0 Å². The maximum atomic E-state index is 12.9. The number of alkyl halides is 2. The highest BCUT2D eigenvalue weighted by molar-refractivity contribution is 5.20. The number of halogens is 2. The first-order valence-corrected chi connectivity index (χ1v) is 4.03. The highest BCUT2D eigenvalue weighted by atomic mass is 19.3. The maximum Gasteiger partial charge on any atom is 0.257 e. The van der Waals surface area contributed by atoms with Crippen LogP contribution in [0, 0.1) is 11.3 Å². The van der Waals surface area contributed by atoms with E-state index in [-0.39, 0.29) is 5.92 Å². The maximum absolute atomic E-state index is 12.9. The molecule has 2 saturated carbocycles. The normalized spacial score (nSPS) is 48.9. The monoisotopic (exact) mass is 146 g/mol. The average Bonchev–Trinajstić information content (AvgIpc) is 2.34. The van der Waals surface area contributed by atoms with Gasteiger partial charge < -0.3 is 0 Å². The van der Waals surface area contributed by atoms with E-state index in [1.54, 1.807) is 0 Å². The van der Waals surface area contributed by atoms with Crippen molar-refractivity contribution in [3.8, 4) is 0 Å². The molecule has 58 valence electrons. The van der Waals surface area contributed by atoms with Crippen LogP contribution >= 0.6 is 0 Å². The molecule has 10 heavy (non-hydrogen) atoms. The van der Waals surface area contributed by atoms with Crippen LogP contribution in [0.5, 0.6) is 0 Å². The molecular formula is C8H12F2. The summed E-state index contributed by atoms with van der Waals surface area (Å²) in [4.78, 5) is 0. The van der Waals surface area contributed by atoms with Crippen LogP contribution in [0.2, 0.25) is 0 Å². The minimum Gasteiger partial charge on any atom is -0.206 e. The first-order chi connectivity index (χ1) is 4.65. The van der Waals surface area contributed by atoms with Crippen LogP contribution in [-0.4, -0.2) is 5.92 Å². The highest BCUT2D eigenvalue weighted by Gasteiger charge is 2.80. The molecule has 0 aromatic rings. The van der Waals surface area contributed by atoms with Crippen molar-refractivity contribution in [3.63, 3.8) is 0 Å². The molecule has 2 heteroatoms. The van der Waals surface area contributed by atoms with Crippen LogP contribution in [0.15, 0.2) is 0 Å². The largest absolute Gasteiger partial charge is 0.257 e. The smallest absolute Gasteiger partial charge is 0.206 e. The van der Waals surface area contributed by atoms with Gasteiger partial charge in [0.2, 0.25) is 0 Å². The zero-order valence-electron chi connectivity index (χ0n) is 6.16. The molecule has 2 rings (SSSR count). The van der Waals surface area contributed by atoms with E-state index in [0.717, 1.165) is 19.3 Å². The molecule has 2 aliphatic carbocycles. The first-order valence-electron chi connectivity index (χ1n) is 4.03. The molecule has 2 fully saturated rings. The third-order valence-corrected chi connectivity index (χ3v) is 3.43. The van der Waals surface area contributed by atoms with Gasteiger partial charge in [0.05, 0.1) is 0 Å². The molecule has 0 amide bonds. The lowest BCUT2D eigenvalue weighted by molar-refractivity contribution is 0.0433. The highest BCUT2D eigenvalue weighted by Crippen LogP contribution is 2.75. The van der Waals surface area contributed by atoms with E-state index in [1.165, 1.54) is 0 Å². The summed E-state index contributed by atoms with van der Waals surface area (Å²) in [6.07, 6.45) is 3.22. The number of hydrogen-bond acceptors (Lipinski definition) is 0.